The fourth-order valence-electron chi connectivity index (χ4n) is 2.06. The summed E-state index contributed by atoms with van der Waals surface area (Å²) in [5.41, 5.74) is 0. The van der Waals surface area contributed by atoms with E-state index in [0.29, 0.717) is 6.04 Å². The molecule has 6 heteroatoms. The molecule has 0 aromatic rings. The van der Waals surface area contributed by atoms with Gasteiger partial charge >= 0.3 is 7.27 Å². The van der Waals surface area contributed by atoms with Crippen molar-refractivity contribution in [3.05, 3.63) is 0 Å². The van der Waals surface area contributed by atoms with Gasteiger partial charge in [0.05, 0.1) is 32.3 Å². The molecular formula is C8H16BF2N2O+. The highest BCUT2D eigenvalue weighted by atomic mass is 19.2. The highest BCUT2D eigenvalue weighted by Crippen LogP contribution is 2.09. The van der Waals surface area contributed by atoms with Crippen LogP contribution in [0.15, 0.2) is 0 Å². The van der Waals surface area contributed by atoms with Crippen LogP contribution in [-0.4, -0.2) is 64.0 Å². The lowest BCUT2D eigenvalue weighted by molar-refractivity contribution is -0.895. The highest BCUT2D eigenvalue weighted by molar-refractivity contribution is 6.42. The van der Waals surface area contributed by atoms with E-state index in [-0.39, 0.29) is 6.44 Å². The van der Waals surface area contributed by atoms with Gasteiger partial charge in [0, 0.05) is 13.1 Å². The second-order valence-corrected chi connectivity index (χ2v) is 4.07. The van der Waals surface area contributed by atoms with Gasteiger partial charge in [0.25, 0.3) is 0 Å². The van der Waals surface area contributed by atoms with E-state index < -0.39 is 7.27 Å². The van der Waals surface area contributed by atoms with Crippen LogP contribution >= 0.6 is 0 Å². The van der Waals surface area contributed by atoms with E-state index in [1.807, 2.05) is 0 Å². The fraction of sp³-hybridized carbons (Fsp3) is 1.00. The van der Waals surface area contributed by atoms with Gasteiger partial charge in [-0.15, -0.1) is 0 Å². The standard InChI is InChI=1S/C8H15BF2N2O/c10-9(11)7-12-1-3-13(4-2-12)8-5-14-6-8/h8H,1-7H2/p+1. The highest BCUT2D eigenvalue weighted by Gasteiger charge is 2.32. The first-order valence-electron chi connectivity index (χ1n) is 5.19. The molecule has 2 fully saturated rings. The van der Waals surface area contributed by atoms with Crippen molar-refractivity contribution in [2.45, 2.75) is 6.04 Å². The molecule has 0 aromatic heterocycles. The molecule has 0 bridgehead atoms. The first-order valence-corrected chi connectivity index (χ1v) is 5.19. The normalized spacial score (nSPS) is 26.1. The van der Waals surface area contributed by atoms with Crippen molar-refractivity contribution in [2.24, 2.45) is 0 Å². The van der Waals surface area contributed by atoms with Crippen molar-refractivity contribution in [3.8, 4) is 0 Å². The maximum atomic E-state index is 12.1. The number of quaternary nitrogens is 1. The van der Waals surface area contributed by atoms with Crippen molar-refractivity contribution >= 4 is 7.27 Å². The Morgan fingerprint density at radius 1 is 1.29 bits per heavy atom. The summed E-state index contributed by atoms with van der Waals surface area (Å²) >= 11 is 0. The van der Waals surface area contributed by atoms with Crippen LogP contribution in [0.25, 0.3) is 0 Å². The van der Waals surface area contributed by atoms with E-state index in [1.165, 1.54) is 0 Å². The van der Waals surface area contributed by atoms with Crippen LogP contribution < -0.4 is 4.90 Å². The minimum Gasteiger partial charge on any atom is -0.378 e. The van der Waals surface area contributed by atoms with Crippen LogP contribution in [0.4, 0.5) is 8.63 Å². The molecule has 2 saturated heterocycles. The van der Waals surface area contributed by atoms with Gasteiger partial charge in [-0.1, -0.05) is 0 Å². The average molecular weight is 205 g/mol. The Balaban J connectivity index is 1.69. The molecule has 0 atom stereocenters. The Hall–Kier alpha value is -0.195. The molecule has 2 aliphatic rings. The monoisotopic (exact) mass is 205 g/mol. The Kier molecular flexibility index (Phi) is 3.36. The topological polar surface area (TPSA) is 16.9 Å². The molecular weight excluding hydrogens is 189 g/mol. The minimum absolute atomic E-state index is 0.00894. The fourth-order valence-corrected chi connectivity index (χ4v) is 2.06. The van der Waals surface area contributed by atoms with Gasteiger partial charge in [0.1, 0.15) is 6.44 Å². The third kappa shape index (κ3) is 2.43. The minimum atomic E-state index is -2.16. The van der Waals surface area contributed by atoms with Gasteiger partial charge in [-0.05, 0) is 0 Å². The van der Waals surface area contributed by atoms with Gasteiger partial charge in [-0.2, -0.15) is 0 Å². The molecule has 2 rings (SSSR count). The molecule has 0 amide bonds. The third-order valence-electron chi connectivity index (χ3n) is 3.08. The number of piperazine rings is 1. The van der Waals surface area contributed by atoms with E-state index in [2.05, 4.69) is 4.90 Å². The summed E-state index contributed by atoms with van der Waals surface area (Å²) in [6.45, 7) is 5.22. The maximum absolute atomic E-state index is 12.1. The Bertz CT molecular complexity index is 184. The maximum Gasteiger partial charge on any atom is 0.592 e. The molecule has 0 radical (unpaired) electrons. The number of hydrogen-bond acceptors (Lipinski definition) is 2. The summed E-state index contributed by atoms with van der Waals surface area (Å²) < 4.78 is 29.3. The average Bonchev–Trinajstić information content (AvgIpc) is 2.04. The van der Waals surface area contributed by atoms with Crippen LogP contribution in [0.2, 0.25) is 0 Å². The number of nitrogens with one attached hydrogen (secondary N) is 1. The van der Waals surface area contributed by atoms with Crippen LogP contribution in [-0.2, 0) is 4.74 Å². The lowest BCUT2D eigenvalue weighted by Gasteiger charge is -2.40. The Labute approximate surface area is 83.2 Å². The predicted molar refractivity (Wildman–Crippen MR) is 49.7 cm³/mol. The van der Waals surface area contributed by atoms with Crippen LogP contribution in [0.1, 0.15) is 0 Å². The molecule has 0 aromatic carbocycles. The summed E-state index contributed by atoms with van der Waals surface area (Å²) in [5, 5.41) is 0. The first-order chi connectivity index (χ1) is 6.75. The second kappa shape index (κ2) is 4.55. The van der Waals surface area contributed by atoms with Gasteiger partial charge in [0.2, 0.25) is 0 Å². The van der Waals surface area contributed by atoms with Crippen molar-refractivity contribution in [1.82, 2.24) is 4.90 Å². The number of halogens is 2. The summed E-state index contributed by atoms with van der Waals surface area (Å²) in [7, 11) is -2.16. The van der Waals surface area contributed by atoms with Crippen LogP contribution in [0.5, 0.6) is 0 Å². The summed E-state index contributed by atoms with van der Waals surface area (Å²) in [6.07, 6.45) is 0.00894. The second-order valence-electron chi connectivity index (χ2n) is 4.07. The van der Waals surface area contributed by atoms with Gasteiger partial charge < -0.3 is 9.64 Å². The number of nitrogens with zero attached hydrogens (tertiary/aromatic N) is 1. The predicted octanol–water partition coefficient (Wildman–Crippen LogP) is -1.45. The van der Waals surface area contributed by atoms with E-state index in [0.717, 1.165) is 44.3 Å². The van der Waals surface area contributed by atoms with E-state index >= 15 is 0 Å². The molecule has 1 N–H and O–H groups in total. The van der Waals surface area contributed by atoms with Crippen LogP contribution in [0.3, 0.4) is 0 Å². The number of ether oxygens (including phenoxy) is 1. The molecule has 3 nitrogen and oxygen atoms in total. The van der Waals surface area contributed by atoms with Crippen LogP contribution in [0, 0.1) is 0 Å². The number of hydrogen-bond donors (Lipinski definition) is 1. The third-order valence-corrected chi connectivity index (χ3v) is 3.08. The smallest absolute Gasteiger partial charge is 0.378 e. The number of rotatable bonds is 3. The first kappa shape index (κ1) is 10.3. The SMILES string of the molecule is FB(F)C[NH+]1CCN(C2COC2)CC1. The molecule has 14 heavy (non-hydrogen) atoms. The summed E-state index contributed by atoms with van der Waals surface area (Å²) in [5.74, 6) is 0. The zero-order valence-electron chi connectivity index (χ0n) is 8.22. The van der Waals surface area contributed by atoms with E-state index in [1.54, 1.807) is 0 Å². The van der Waals surface area contributed by atoms with Gasteiger partial charge in [-0.25, -0.2) is 0 Å². The summed E-state index contributed by atoms with van der Waals surface area (Å²) in [4.78, 5) is 3.40. The summed E-state index contributed by atoms with van der Waals surface area (Å²) in [6, 6.07) is 0.558. The molecule has 0 unspecified atom stereocenters. The molecule has 0 spiro atoms. The lowest BCUT2D eigenvalue weighted by Crippen LogP contribution is -3.16. The van der Waals surface area contributed by atoms with Crippen molar-refractivity contribution < 1.29 is 18.3 Å². The molecule has 0 saturated carbocycles. The Morgan fingerprint density at radius 2 is 1.93 bits per heavy atom. The zero-order valence-corrected chi connectivity index (χ0v) is 8.22. The van der Waals surface area contributed by atoms with Gasteiger partial charge in [0.15, 0.2) is 0 Å². The van der Waals surface area contributed by atoms with E-state index in [4.69, 9.17) is 4.74 Å². The Morgan fingerprint density at radius 3 is 2.36 bits per heavy atom. The lowest BCUT2D eigenvalue weighted by atomic mass is 9.98. The molecule has 2 aliphatic heterocycles. The quantitative estimate of drug-likeness (QED) is 0.568. The van der Waals surface area contributed by atoms with E-state index in [9.17, 15) is 8.63 Å². The largest absolute Gasteiger partial charge is 0.592 e. The van der Waals surface area contributed by atoms with Crippen molar-refractivity contribution in [3.63, 3.8) is 0 Å². The molecule has 0 aliphatic carbocycles. The van der Waals surface area contributed by atoms with Crippen molar-refractivity contribution in [2.75, 3.05) is 45.8 Å². The molecule has 80 valence electrons. The molecule has 2 heterocycles. The zero-order chi connectivity index (χ0) is 9.97. The van der Waals surface area contributed by atoms with Crippen molar-refractivity contribution in [1.29, 1.82) is 0 Å². The van der Waals surface area contributed by atoms with Gasteiger partial charge in [-0.3, -0.25) is 13.5 Å².